The number of carbonyl (C=O) groups is 2. The van der Waals surface area contributed by atoms with Crippen molar-refractivity contribution in [3.05, 3.63) is 35.8 Å². The Bertz CT molecular complexity index is 703. The molecule has 2 aromatic rings. The lowest BCUT2D eigenvalue weighted by Crippen LogP contribution is -2.31. The van der Waals surface area contributed by atoms with Crippen LogP contribution in [0.4, 0.5) is 5.69 Å². The van der Waals surface area contributed by atoms with Crippen LogP contribution in [0.5, 0.6) is 0 Å². The second-order valence-electron chi connectivity index (χ2n) is 5.00. The Hall–Kier alpha value is -2.43. The van der Waals surface area contributed by atoms with Crippen LogP contribution in [0.2, 0.25) is 0 Å². The SMILES string of the molecule is CN1C(=O)CCc2cc(-c3c(C=O)ncn3C)ccc21. The van der Waals surface area contributed by atoms with Gasteiger partial charge in [0.25, 0.3) is 0 Å². The number of rotatable bonds is 2. The maximum atomic E-state index is 11.7. The van der Waals surface area contributed by atoms with Gasteiger partial charge in [-0.2, -0.15) is 0 Å². The van der Waals surface area contributed by atoms with Crippen molar-refractivity contribution in [1.29, 1.82) is 0 Å². The van der Waals surface area contributed by atoms with E-state index in [4.69, 9.17) is 0 Å². The largest absolute Gasteiger partial charge is 0.333 e. The van der Waals surface area contributed by atoms with Gasteiger partial charge < -0.3 is 9.47 Å². The molecule has 1 aromatic heterocycles. The fraction of sp³-hybridized carbons (Fsp3) is 0.267. The first-order chi connectivity index (χ1) is 9.61. The third kappa shape index (κ3) is 1.82. The van der Waals surface area contributed by atoms with E-state index in [0.717, 1.165) is 35.2 Å². The summed E-state index contributed by atoms with van der Waals surface area (Å²) in [5.74, 6) is 0.138. The van der Waals surface area contributed by atoms with Gasteiger partial charge in [-0.3, -0.25) is 9.59 Å². The van der Waals surface area contributed by atoms with Crippen molar-refractivity contribution in [2.45, 2.75) is 12.8 Å². The number of benzene rings is 1. The zero-order valence-corrected chi connectivity index (χ0v) is 11.5. The molecule has 102 valence electrons. The lowest BCUT2D eigenvalue weighted by Gasteiger charge is -2.26. The molecule has 1 aromatic carbocycles. The highest BCUT2D eigenvalue weighted by molar-refractivity contribution is 5.96. The Morgan fingerprint density at radius 1 is 1.25 bits per heavy atom. The van der Waals surface area contributed by atoms with Gasteiger partial charge in [0.15, 0.2) is 6.29 Å². The van der Waals surface area contributed by atoms with Crippen LogP contribution >= 0.6 is 0 Å². The number of hydrogen-bond acceptors (Lipinski definition) is 3. The van der Waals surface area contributed by atoms with E-state index in [9.17, 15) is 9.59 Å². The van der Waals surface area contributed by atoms with Crippen molar-refractivity contribution in [3.8, 4) is 11.3 Å². The molecule has 20 heavy (non-hydrogen) atoms. The predicted octanol–water partition coefficient (Wildman–Crippen LogP) is 1.81. The molecule has 1 amide bonds. The van der Waals surface area contributed by atoms with Crippen LogP contribution in [-0.2, 0) is 18.3 Å². The average molecular weight is 269 g/mol. The minimum atomic E-state index is 0.138. The molecule has 1 aliphatic heterocycles. The average Bonchev–Trinajstić information content (AvgIpc) is 2.83. The molecular weight excluding hydrogens is 254 g/mol. The van der Waals surface area contributed by atoms with Crippen LogP contribution in [-0.4, -0.2) is 28.8 Å². The Labute approximate surface area is 116 Å². The quantitative estimate of drug-likeness (QED) is 0.781. The van der Waals surface area contributed by atoms with E-state index in [1.807, 2.05) is 29.8 Å². The Morgan fingerprint density at radius 2 is 2.05 bits per heavy atom. The van der Waals surface area contributed by atoms with E-state index in [-0.39, 0.29) is 5.91 Å². The molecule has 0 saturated heterocycles. The summed E-state index contributed by atoms with van der Waals surface area (Å²) in [6.45, 7) is 0. The molecule has 1 aliphatic rings. The van der Waals surface area contributed by atoms with E-state index >= 15 is 0 Å². The van der Waals surface area contributed by atoms with E-state index in [1.165, 1.54) is 0 Å². The highest BCUT2D eigenvalue weighted by Crippen LogP contribution is 2.31. The second-order valence-corrected chi connectivity index (χ2v) is 5.00. The van der Waals surface area contributed by atoms with Crippen molar-refractivity contribution < 1.29 is 9.59 Å². The predicted molar refractivity (Wildman–Crippen MR) is 75.8 cm³/mol. The Balaban J connectivity index is 2.11. The van der Waals surface area contributed by atoms with Gasteiger partial charge >= 0.3 is 0 Å². The molecule has 0 saturated carbocycles. The lowest BCUT2D eigenvalue weighted by atomic mass is 9.97. The van der Waals surface area contributed by atoms with Crippen molar-refractivity contribution in [2.75, 3.05) is 11.9 Å². The normalized spacial score (nSPS) is 14.3. The molecule has 0 spiro atoms. The van der Waals surface area contributed by atoms with E-state index in [2.05, 4.69) is 4.98 Å². The maximum absolute atomic E-state index is 11.7. The number of amides is 1. The first-order valence-corrected chi connectivity index (χ1v) is 6.48. The number of fused-ring (bicyclic) bond motifs is 1. The zero-order chi connectivity index (χ0) is 14.3. The van der Waals surface area contributed by atoms with E-state index < -0.39 is 0 Å². The molecule has 0 unspecified atom stereocenters. The van der Waals surface area contributed by atoms with Gasteiger partial charge in [-0.15, -0.1) is 0 Å². The number of anilines is 1. The van der Waals surface area contributed by atoms with E-state index in [1.54, 1.807) is 18.3 Å². The maximum Gasteiger partial charge on any atom is 0.227 e. The Kier molecular flexibility index (Phi) is 2.89. The molecule has 0 bridgehead atoms. The third-order valence-electron chi connectivity index (χ3n) is 3.77. The van der Waals surface area contributed by atoms with Gasteiger partial charge in [0, 0.05) is 31.8 Å². The fourth-order valence-corrected chi connectivity index (χ4v) is 2.69. The smallest absolute Gasteiger partial charge is 0.227 e. The summed E-state index contributed by atoms with van der Waals surface area (Å²) in [6, 6.07) is 5.91. The summed E-state index contributed by atoms with van der Waals surface area (Å²) in [5.41, 5.74) is 4.27. The van der Waals surface area contributed by atoms with Crippen LogP contribution < -0.4 is 4.90 Å². The first-order valence-electron chi connectivity index (χ1n) is 6.48. The van der Waals surface area contributed by atoms with Crippen LogP contribution in [0.3, 0.4) is 0 Å². The molecule has 5 nitrogen and oxygen atoms in total. The van der Waals surface area contributed by atoms with Crippen molar-refractivity contribution >= 4 is 17.9 Å². The number of aromatic nitrogens is 2. The number of imidazole rings is 1. The van der Waals surface area contributed by atoms with Crippen LogP contribution in [0.25, 0.3) is 11.3 Å². The lowest BCUT2D eigenvalue weighted by molar-refractivity contribution is -0.118. The number of nitrogens with zero attached hydrogens (tertiary/aromatic N) is 3. The summed E-state index contributed by atoms with van der Waals surface area (Å²) in [7, 11) is 3.66. The molecule has 0 N–H and O–H groups in total. The number of aryl methyl sites for hydroxylation is 2. The molecule has 0 atom stereocenters. The van der Waals surface area contributed by atoms with Crippen LogP contribution in [0.15, 0.2) is 24.5 Å². The van der Waals surface area contributed by atoms with Crippen LogP contribution in [0.1, 0.15) is 22.5 Å². The molecule has 2 heterocycles. The second kappa shape index (κ2) is 4.59. The van der Waals surface area contributed by atoms with Gasteiger partial charge in [0.1, 0.15) is 5.69 Å². The van der Waals surface area contributed by atoms with Gasteiger partial charge in [-0.1, -0.05) is 6.07 Å². The van der Waals surface area contributed by atoms with Gasteiger partial charge in [-0.25, -0.2) is 4.98 Å². The van der Waals surface area contributed by atoms with E-state index in [0.29, 0.717) is 12.1 Å². The Morgan fingerprint density at radius 3 is 2.80 bits per heavy atom. The molecule has 3 rings (SSSR count). The van der Waals surface area contributed by atoms with Gasteiger partial charge in [-0.05, 0) is 24.1 Å². The standard InChI is InChI=1S/C15H15N3O2/c1-17-9-16-12(8-19)15(17)11-3-5-13-10(7-11)4-6-14(20)18(13)2/h3,5,7-9H,4,6H2,1-2H3. The topological polar surface area (TPSA) is 55.2 Å². The summed E-state index contributed by atoms with van der Waals surface area (Å²) in [5, 5.41) is 0. The number of aldehydes is 1. The van der Waals surface area contributed by atoms with Crippen molar-refractivity contribution in [1.82, 2.24) is 9.55 Å². The number of hydrogen-bond donors (Lipinski definition) is 0. The molecule has 5 heteroatoms. The monoisotopic (exact) mass is 269 g/mol. The third-order valence-corrected chi connectivity index (χ3v) is 3.77. The van der Waals surface area contributed by atoms with Crippen molar-refractivity contribution in [3.63, 3.8) is 0 Å². The molecule has 0 aliphatic carbocycles. The number of carbonyl (C=O) groups excluding carboxylic acids is 2. The van der Waals surface area contributed by atoms with Gasteiger partial charge in [0.05, 0.1) is 12.0 Å². The fourth-order valence-electron chi connectivity index (χ4n) is 2.69. The highest BCUT2D eigenvalue weighted by Gasteiger charge is 2.22. The minimum absolute atomic E-state index is 0.138. The van der Waals surface area contributed by atoms with Crippen molar-refractivity contribution in [2.24, 2.45) is 7.05 Å². The summed E-state index contributed by atoms with van der Waals surface area (Å²) in [6.07, 6.45) is 3.66. The summed E-state index contributed by atoms with van der Waals surface area (Å²) in [4.78, 5) is 28.5. The summed E-state index contributed by atoms with van der Waals surface area (Å²) >= 11 is 0. The molecule has 0 fully saturated rings. The molecule has 0 radical (unpaired) electrons. The molecular formula is C15H15N3O2. The van der Waals surface area contributed by atoms with Crippen LogP contribution in [0, 0.1) is 0 Å². The van der Waals surface area contributed by atoms with Gasteiger partial charge in [0.2, 0.25) is 5.91 Å². The highest BCUT2D eigenvalue weighted by atomic mass is 16.2. The minimum Gasteiger partial charge on any atom is -0.333 e. The summed E-state index contributed by atoms with van der Waals surface area (Å²) < 4.78 is 1.84. The zero-order valence-electron chi connectivity index (χ0n) is 11.5. The first kappa shape index (κ1) is 12.6.